The van der Waals surface area contributed by atoms with E-state index in [1.54, 1.807) is 12.1 Å². The molecule has 1 heterocycles. The van der Waals surface area contributed by atoms with Gasteiger partial charge >= 0.3 is 0 Å². The lowest BCUT2D eigenvalue weighted by Crippen LogP contribution is -2.51. The SMILES string of the molecule is CCCCNC(=O)[C@H](Cc1ccccc1)N(Cc1ccccc1F)C(=O)CCN1C(=O)c2ccccc2S1(=O)=O. The Balaban J connectivity index is 1.63. The zero-order chi connectivity index (χ0) is 28.7. The smallest absolute Gasteiger partial charge is 0.269 e. The predicted octanol–water partition coefficient (Wildman–Crippen LogP) is 3.92. The molecule has 0 bridgehead atoms. The van der Waals surface area contributed by atoms with Gasteiger partial charge in [-0.3, -0.25) is 14.4 Å². The fourth-order valence-electron chi connectivity index (χ4n) is 4.66. The van der Waals surface area contributed by atoms with E-state index in [4.69, 9.17) is 0 Å². The van der Waals surface area contributed by atoms with Gasteiger partial charge in [-0.1, -0.05) is 74.0 Å². The molecule has 3 amide bonds. The van der Waals surface area contributed by atoms with E-state index in [0.29, 0.717) is 10.8 Å². The lowest BCUT2D eigenvalue weighted by Gasteiger charge is -2.32. The number of benzene rings is 3. The third kappa shape index (κ3) is 6.39. The molecule has 4 rings (SSSR count). The molecule has 1 aliphatic rings. The second-order valence-electron chi connectivity index (χ2n) is 9.59. The number of hydrogen-bond donors (Lipinski definition) is 1. The molecule has 0 fully saturated rings. The van der Waals surface area contributed by atoms with Crippen LogP contribution in [0.25, 0.3) is 0 Å². The summed E-state index contributed by atoms with van der Waals surface area (Å²) in [6, 6.07) is 20.0. The van der Waals surface area contributed by atoms with E-state index in [1.807, 2.05) is 37.3 Å². The van der Waals surface area contributed by atoms with Gasteiger partial charge in [0.15, 0.2) is 0 Å². The highest BCUT2D eigenvalue weighted by atomic mass is 32.2. The summed E-state index contributed by atoms with van der Waals surface area (Å²) in [4.78, 5) is 41.3. The van der Waals surface area contributed by atoms with Crippen LogP contribution < -0.4 is 5.32 Å². The van der Waals surface area contributed by atoms with Gasteiger partial charge in [-0.2, -0.15) is 0 Å². The van der Waals surface area contributed by atoms with Gasteiger partial charge in [-0.25, -0.2) is 17.1 Å². The van der Waals surface area contributed by atoms with Crippen LogP contribution in [0.15, 0.2) is 83.8 Å². The van der Waals surface area contributed by atoms with E-state index in [-0.39, 0.29) is 41.3 Å². The third-order valence-corrected chi connectivity index (χ3v) is 8.68. The zero-order valence-electron chi connectivity index (χ0n) is 22.3. The molecular formula is C30H32FN3O5S. The third-order valence-electron chi connectivity index (χ3n) is 6.84. The molecule has 1 atom stereocenters. The van der Waals surface area contributed by atoms with E-state index >= 15 is 0 Å². The largest absolute Gasteiger partial charge is 0.354 e. The van der Waals surface area contributed by atoms with Crippen molar-refractivity contribution in [2.75, 3.05) is 13.1 Å². The Labute approximate surface area is 233 Å². The van der Waals surface area contributed by atoms with Gasteiger partial charge in [0, 0.05) is 38.0 Å². The monoisotopic (exact) mass is 565 g/mol. The molecule has 0 spiro atoms. The van der Waals surface area contributed by atoms with Crippen molar-refractivity contribution in [3.05, 3.63) is 101 Å². The molecule has 3 aromatic carbocycles. The van der Waals surface area contributed by atoms with Gasteiger partial charge < -0.3 is 10.2 Å². The lowest BCUT2D eigenvalue weighted by molar-refractivity contribution is -0.141. The molecule has 8 nitrogen and oxygen atoms in total. The van der Waals surface area contributed by atoms with Gasteiger partial charge in [-0.15, -0.1) is 0 Å². The van der Waals surface area contributed by atoms with Crippen molar-refractivity contribution >= 4 is 27.7 Å². The molecule has 40 heavy (non-hydrogen) atoms. The molecule has 0 aromatic heterocycles. The Hall–Kier alpha value is -4.05. The first-order valence-electron chi connectivity index (χ1n) is 13.2. The van der Waals surface area contributed by atoms with Gasteiger partial charge in [0.1, 0.15) is 16.8 Å². The molecule has 0 unspecified atom stereocenters. The van der Waals surface area contributed by atoms with Gasteiger partial charge in [0.05, 0.1) is 5.56 Å². The summed E-state index contributed by atoms with van der Waals surface area (Å²) in [7, 11) is -4.11. The van der Waals surface area contributed by atoms with E-state index in [2.05, 4.69) is 5.32 Å². The first-order chi connectivity index (χ1) is 19.2. The highest BCUT2D eigenvalue weighted by molar-refractivity contribution is 7.90. The average molecular weight is 566 g/mol. The van der Waals surface area contributed by atoms with Crippen LogP contribution in [0.1, 0.15) is 47.7 Å². The summed E-state index contributed by atoms with van der Waals surface area (Å²) in [5.74, 6) is -2.20. The Morgan fingerprint density at radius 2 is 1.65 bits per heavy atom. The van der Waals surface area contributed by atoms with Crippen LogP contribution >= 0.6 is 0 Å². The van der Waals surface area contributed by atoms with Crippen molar-refractivity contribution in [2.24, 2.45) is 0 Å². The maximum absolute atomic E-state index is 14.7. The number of carbonyl (C=O) groups is 3. The molecule has 10 heteroatoms. The highest BCUT2D eigenvalue weighted by Gasteiger charge is 2.41. The number of unbranched alkanes of at least 4 members (excludes halogenated alkanes) is 1. The summed E-state index contributed by atoms with van der Waals surface area (Å²) < 4.78 is 41.4. The topological polar surface area (TPSA) is 104 Å². The summed E-state index contributed by atoms with van der Waals surface area (Å²) in [5.41, 5.74) is 1.07. The predicted molar refractivity (Wildman–Crippen MR) is 148 cm³/mol. The van der Waals surface area contributed by atoms with Crippen LogP contribution in [0, 0.1) is 5.82 Å². The van der Waals surface area contributed by atoms with Crippen molar-refractivity contribution in [1.82, 2.24) is 14.5 Å². The molecule has 0 saturated heterocycles. The maximum atomic E-state index is 14.7. The Bertz CT molecular complexity index is 1480. The minimum absolute atomic E-state index is 0.0513. The van der Waals surface area contributed by atoms with Crippen molar-refractivity contribution in [1.29, 1.82) is 0 Å². The molecule has 0 saturated carbocycles. The molecule has 0 radical (unpaired) electrons. The number of hydrogen-bond acceptors (Lipinski definition) is 5. The minimum atomic E-state index is -4.11. The number of halogens is 1. The first-order valence-corrected chi connectivity index (χ1v) is 14.7. The number of sulfonamides is 1. The minimum Gasteiger partial charge on any atom is -0.354 e. The van der Waals surface area contributed by atoms with Crippen molar-refractivity contribution in [3.63, 3.8) is 0 Å². The summed E-state index contributed by atoms with van der Waals surface area (Å²) in [5, 5.41) is 2.88. The molecule has 0 aliphatic carbocycles. The summed E-state index contributed by atoms with van der Waals surface area (Å²) in [6.07, 6.45) is 1.41. The van der Waals surface area contributed by atoms with Crippen molar-refractivity contribution in [3.8, 4) is 0 Å². The Kier molecular flexibility index (Phi) is 9.31. The lowest BCUT2D eigenvalue weighted by atomic mass is 10.0. The Morgan fingerprint density at radius 1 is 0.975 bits per heavy atom. The molecule has 3 aromatic rings. The van der Waals surface area contributed by atoms with Crippen LogP contribution in [0.4, 0.5) is 4.39 Å². The van der Waals surface area contributed by atoms with Crippen LogP contribution in [0.2, 0.25) is 0 Å². The molecule has 210 valence electrons. The van der Waals surface area contributed by atoms with Crippen LogP contribution in [0.5, 0.6) is 0 Å². The van der Waals surface area contributed by atoms with Gasteiger partial charge in [-0.05, 0) is 30.2 Å². The van der Waals surface area contributed by atoms with Crippen molar-refractivity contribution < 1.29 is 27.2 Å². The fourth-order valence-corrected chi connectivity index (χ4v) is 6.23. The summed E-state index contributed by atoms with van der Waals surface area (Å²) >= 11 is 0. The van der Waals surface area contributed by atoms with Crippen LogP contribution in [-0.4, -0.2) is 54.5 Å². The number of nitrogens with one attached hydrogen (secondary N) is 1. The zero-order valence-corrected chi connectivity index (χ0v) is 23.1. The second kappa shape index (κ2) is 12.9. The maximum Gasteiger partial charge on any atom is 0.269 e. The number of carbonyl (C=O) groups excluding carboxylic acids is 3. The van der Waals surface area contributed by atoms with E-state index in [0.717, 1.165) is 18.4 Å². The quantitative estimate of drug-likeness (QED) is 0.336. The number of nitrogens with zero attached hydrogens (tertiary/aromatic N) is 2. The number of fused-ring (bicyclic) bond motifs is 1. The van der Waals surface area contributed by atoms with Crippen LogP contribution in [-0.2, 0) is 32.6 Å². The van der Waals surface area contributed by atoms with E-state index < -0.39 is 40.2 Å². The average Bonchev–Trinajstić information content (AvgIpc) is 3.15. The summed E-state index contributed by atoms with van der Waals surface area (Å²) in [6.45, 7) is 1.80. The second-order valence-corrected chi connectivity index (χ2v) is 11.4. The van der Waals surface area contributed by atoms with Crippen LogP contribution in [0.3, 0.4) is 0 Å². The van der Waals surface area contributed by atoms with E-state index in [1.165, 1.54) is 41.3 Å². The fraction of sp³-hybridized carbons (Fsp3) is 0.300. The number of amides is 3. The van der Waals surface area contributed by atoms with Crippen molar-refractivity contribution in [2.45, 2.75) is 50.1 Å². The molecular weight excluding hydrogens is 533 g/mol. The number of rotatable bonds is 12. The molecule has 1 N–H and O–H groups in total. The van der Waals surface area contributed by atoms with Gasteiger partial charge in [0.2, 0.25) is 11.8 Å². The van der Waals surface area contributed by atoms with E-state index in [9.17, 15) is 27.2 Å². The molecule has 1 aliphatic heterocycles. The Morgan fingerprint density at radius 3 is 2.35 bits per heavy atom. The van der Waals surface area contributed by atoms with Gasteiger partial charge in [0.25, 0.3) is 15.9 Å². The standard InChI is InChI=1S/C30H32FN3O5S/c1-2-3-18-32-29(36)26(20-22-11-5-4-6-12-22)33(21-23-13-7-9-15-25(23)31)28(35)17-19-34-30(37)24-14-8-10-16-27(24)40(34,38)39/h4-16,26H,2-3,17-21H2,1H3,(H,32,36)/t26-/m0/s1. The normalized spacial score (nSPS) is 14.4. The first kappa shape index (κ1) is 28.9. The highest BCUT2D eigenvalue weighted by Crippen LogP contribution is 2.30.